The van der Waals surface area contributed by atoms with E-state index in [1.807, 2.05) is 54.7 Å². The molecule has 0 bridgehead atoms. The molecule has 59 heavy (non-hydrogen) atoms. The van der Waals surface area contributed by atoms with Gasteiger partial charge in [-0.2, -0.15) is 0 Å². The van der Waals surface area contributed by atoms with E-state index >= 15 is 0 Å². The highest BCUT2D eigenvalue weighted by atomic mass is 16.3. The first kappa shape index (κ1) is 32.0. The fourth-order valence-corrected chi connectivity index (χ4v) is 8.88. The van der Waals surface area contributed by atoms with Gasteiger partial charge < -0.3 is 13.3 Å². The van der Waals surface area contributed by atoms with Gasteiger partial charge in [-0.15, -0.1) is 0 Å². The Morgan fingerprint density at radius 1 is 0.356 bits per heavy atom. The Hall–Kier alpha value is -8.09. The quantitative estimate of drug-likeness (QED) is 0.166. The first-order valence-electron chi connectivity index (χ1n) is 19.6. The molecular weight excluding hydrogens is 727 g/mol. The summed E-state index contributed by atoms with van der Waals surface area (Å²) in [5.41, 5.74) is 14.8. The number of benzene rings is 7. The van der Waals surface area contributed by atoms with Gasteiger partial charge in [0.1, 0.15) is 39.0 Å². The Balaban J connectivity index is 0.957. The van der Waals surface area contributed by atoms with Crippen molar-refractivity contribution in [2.24, 2.45) is 0 Å². The number of nitrogens with zero attached hydrogens (tertiary/aromatic N) is 3. The standard InChI is InChI=1S/C53H29N3O3/c1-4-10-46-36(7-1)38-18-19-39-50(53(38)59-46)52-44(21-20-43(55-52)34-17-24-47-40(28-34)37-8-2-3-9-45(37)57-47)56-51(39)31-13-11-30(12-14-31)32-15-22-48-41(26-32)42-27-33(16-23-49(42)58-48)35-6-5-25-54-29-35/h1-29H. The van der Waals surface area contributed by atoms with E-state index in [-0.39, 0.29) is 0 Å². The van der Waals surface area contributed by atoms with Crippen LogP contribution in [0, 0.1) is 0 Å². The van der Waals surface area contributed by atoms with Crippen LogP contribution >= 0.6 is 0 Å². The van der Waals surface area contributed by atoms with Crippen LogP contribution in [0.15, 0.2) is 189 Å². The third-order valence-electron chi connectivity index (χ3n) is 11.8. The molecule has 0 unspecified atom stereocenters. The zero-order valence-corrected chi connectivity index (χ0v) is 31.3. The number of hydrogen-bond donors (Lipinski definition) is 0. The van der Waals surface area contributed by atoms with Crippen LogP contribution in [0.25, 0.3) is 132 Å². The molecular formula is C53H29N3O3. The summed E-state index contributed by atoms with van der Waals surface area (Å²) < 4.78 is 19.1. The Kier molecular flexibility index (Phi) is 6.63. The van der Waals surface area contributed by atoms with Gasteiger partial charge in [-0.25, -0.2) is 9.97 Å². The molecule has 0 atom stereocenters. The molecule has 6 aromatic heterocycles. The minimum atomic E-state index is 0.797. The molecule has 7 aromatic carbocycles. The molecule has 6 nitrogen and oxygen atoms in total. The Morgan fingerprint density at radius 2 is 0.932 bits per heavy atom. The number of pyridine rings is 3. The van der Waals surface area contributed by atoms with Gasteiger partial charge in [0.2, 0.25) is 0 Å². The molecule has 0 aliphatic rings. The van der Waals surface area contributed by atoms with Crippen molar-refractivity contribution in [2.75, 3.05) is 0 Å². The van der Waals surface area contributed by atoms with Gasteiger partial charge in [0.25, 0.3) is 0 Å². The van der Waals surface area contributed by atoms with Crippen molar-refractivity contribution < 1.29 is 13.3 Å². The van der Waals surface area contributed by atoms with E-state index in [4.69, 9.17) is 23.2 Å². The van der Waals surface area contributed by atoms with Gasteiger partial charge >= 0.3 is 0 Å². The van der Waals surface area contributed by atoms with E-state index < -0.39 is 0 Å². The average Bonchev–Trinajstić information content (AvgIpc) is 3.99. The Labute approximate surface area is 335 Å². The van der Waals surface area contributed by atoms with Crippen LogP contribution in [0.5, 0.6) is 0 Å². The van der Waals surface area contributed by atoms with Crippen molar-refractivity contribution in [3.63, 3.8) is 0 Å². The first-order chi connectivity index (χ1) is 29.2. The summed E-state index contributed by atoms with van der Waals surface area (Å²) in [6.45, 7) is 0. The number of hydrogen-bond acceptors (Lipinski definition) is 6. The molecule has 0 aliphatic carbocycles. The maximum Gasteiger partial charge on any atom is 0.145 e. The zero-order chi connectivity index (χ0) is 38.6. The lowest BCUT2D eigenvalue weighted by Crippen LogP contribution is -1.94. The summed E-state index contributed by atoms with van der Waals surface area (Å²) in [7, 11) is 0. The van der Waals surface area contributed by atoms with Crippen molar-refractivity contribution in [3.8, 4) is 44.8 Å². The maximum absolute atomic E-state index is 6.68. The molecule has 0 spiro atoms. The van der Waals surface area contributed by atoms with Crippen LogP contribution in [-0.2, 0) is 0 Å². The summed E-state index contributed by atoms with van der Waals surface area (Å²) >= 11 is 0. The third-order valence-corrected chi connectivity index (χ3v) is 11.8. The number of para-hydroxylation sites is 2. The number of furan rings is 3. The van der Waals surface area contributed by atoms with E-state index in [9.17, 15) is 0 Å². The fraction of sp³-hybridized carbons (Fsp3) is 0. The van der Waals surface area contributed by atoms with Gasteiger partial charge in [-0.05, 0) is 95.6 Å². The predicted octanol–water partition coefficient (Wildman–Crippen LogP) is 14.5. The van der Waals surface area contributed by atoms with Gasteiger partial charge in [-0.3, -0.25) is 4.98 Å². The van der Waals surface area contributed by atoms with Crippen molar-refractivity contribution >= 4 is 87.6 Å². The lowest BCUT2D eigenvalue weighted by atomic mass is 9.97. The molecule has 0 fully saturated rings. The van der Waals surface area contributed by atoms with Gasteiger partial charge in [0.05, 0.1) is 22.3 Å². The normalized spacial score (nSPS) is 12.1. The molecule has 0 N–H and O–H groups in total. The van der Waals surface area contributed by atoms with Crippen molar-refractivity contribution in [3.05, 3.63) is 176 Å². The predicted molar refractivity (Wildman–Crippen MR) is 238 cm³/mol. The molecule has 0 saturated heterocycles. The van der Waals surface area contributed by atoms with E-state index in [1.165, 1.54) is 0 Å². The summed E-state index contributed by atoms with van der Waals surface area (Å²) in [4.78, 5) is 15.0. The molecule has 6 heterocycles. The van der Waals surface area contributed by atoms with Crippen molar-refractivity contribution in [1.82, 2.24) is 15.0 Å². The molecule has 0 radical (unpaired) electrons. The van der Waals surface area contributed by atoms with Crippen molar-refractivity contribution in [2.45, 2.75) is 0 Å². The Morgan fingerprint density at radius 3 is 1.66 bits per heavy atom. The lowest BCUT2D eigenvalue weighted by Gasteiger charge is -2.12. The van der Waals surface area contributed by atoms with Crippen LogP contribution in [-0.4, -0.2) is 15.0 Å². The molecule has 0 aliphatic heterocycles. The highest BCUT2D eigenvalue weighted by molar-refractivity contribution is 6.24. The molecule has 13 aromatic rings. The molecule has 0 saturated carbocycles. The summed E-state index contributed by atoms with van der Waals surface area (Å²) in [5.74, 6) is 0. The fourth-order valence-electron chi connectivity index (χ4n) is 8.88. The van der Waals surface area contributed by atoms with E-state index in [0.29, 0.717) is 0 Å². The van der Waals surface area contributed by atoms with E-state index in [1.54, 1.807) is 6.20 Å². The minimum Gasteiger partial charge on any atom is -0.456 e. The lowest BCUT2D eigenvalue weighted by molar-refractivity contribution is 0.668. The largest absolute Gasteiger partial charge is 0.456 e. The number of aromatic nitrogens is 3. The molecule has 0 amide bonds. The topological polar surface area (TPSA) is 78.1 Å². The van der Waals surface area contributed by atoms with Crippen LogP contribution in [0.1, 0.15) is 0 Å². The third kappa shape index (κ3) is 4.90. The monoisotopic (exact) mass is 755 g/mol. The number of fused-ring (bicyclic) bond motifs is 13. The maximum atomic E-state index is 6.68. The van der Waals surface area contributed by atoms with Crippen LogP contribution in [0.2, 0.25) is 0 Å². The smallest absolute Gasteiger partial charge is 0.145 e. The second kappa shape index (κ2) is 12.2. The molecule has 274 valence electrons. The molecule has 6 heteroatoms. The SMILES string of the molecule is c1cncc(-c2ccc3oc4ccc(-c5ccc(-c6nc7ccc(-c8ccc9oc%10ccccc%10c9c8)nc7c7c6ccc6c8ccccc8oc67)cc5)cc4c3c2)c1. The summed E-state index contributed by atoms with van der Waals surface area (Å²) in [6, 6.07) is 56.6. The average molecular weight is 756 g/mol. The zero-order valence-electron chi connectivity index (χ0n) is 31.3. The second-order valence-electron chi connectivity index (χ2n) is 15.1. The van der Waals surface area contributed by atoms with Gasteiger partial charge in [-0.1, -0.05) is 84.9 Å². The summed E-state index contributed by atoms with van der Waals surface area (Å²) in [6.07, 6.45) is 3.69. The van der Waals surface area contributed by atoms with Crippen LogP contribution < -0.4 is 0 Å². The highest BCUT2D eigenvalue weighted by Gasteiger charge is 2.20. The van der Waals surface area contributed by atoms with Crippen LogP contribution in [0.4, 0.5) is 0 Å². The van der Waals surface area contributed by atoms with Crippen molar-refractivity contribution in [1.29, 1.82) is 0 Å². The van der Waals surface area contributed by atoms with Gasteiger partial charge in [0, 0.05) is 66.8 Å². The summed E-state index contributed by atoms with van der Waals surface area (Å²) in [5, 5.41) is 8.36. The van der Waals surface area contributed by atoms with Crippen LogP contribution in [0.3, 0.4) is 0 Å². The second-order valence-corrected chi connectivity index (χ2v) is 15.1. The first-order valence-corrected chi connectivity index (χ1v) is 19.6. The van der Waals surface area contributed by atoms with E-state index in [2.05, 4.69) is 120 Å². The van der Waals surface area contributed by atoms with E-state index in [0.717, 1.165) is 132 Å². The number of rotatable bonds is 4. The minimum absolute atomic E-state index is 0.797. The Bertz CT molecular complexity index is 3840. The van der Waals surface area contributed by atoms with Gasteiger partial charge in [0.15, 0.2) is 0 Å². The highest BCUT2D eigenvalue weighted by Crippen LogP contribution is 2.42. The molecule has 13 rings (SSSR count).